The third-order valence-electron chi connectivity index (χ3n) is 13.0. The van der Waals surface area contributed by atoms with Crippen molar-refractivity contribution < 1.29 is 0 Å². The molecule has 2 heterocycles. The zero-order valence-electron chi connectivity index (χ0n) is 34.7. The quantitative estimate of drug-likeness (QED) is 0.160. The zero-order chi connectivity index (χ0) is 41.9. The summed E-state index contributed by atoms with van der Waals surface area (Å²) in [6.45, 7) is 2.39. The third-order valence-corrected chi connectivity index (χ3v) is 14.2. The summed E-state index contributed by atoms with van der Waals surface area (Å²) in [6, 6.07) is 81.3. The fraction of sp³-hybridized carbons (Fsp3) is 0.0333. The Balaban J connectivity index is 1.09. The average molecular weight is 821 g/mol. The zero-order valence-corrected chi connectivity index (χ0v) is 35.5. The predicted octanol–water partition coefficient (Wildman–Crippen LogP) is 16.2. The summed E-state index contributed by atoms with van der Waals surface area (Å²) >= 11 is 1.86. The fourth-order valence-electron chi connectivity index (χ4n) is 9.86. The number of hydrogen-bond donors (Lipinski definition) is 0. The summed E-state index contributed by atoms with van der Waals surface area (Å²) in [5.41, 5.74) is 18.2. The van der Waals surface area contributed by atoms with Gasteiger partial charge in [-0.3, -0.25) is 0 Å². The molecule has 0 fully saturated rings. The Morgan fingerprint density at radius 2 is 0.889 bits per heavy atom. The molecule has 11 aromatic rings. The Morgan fingerprint density at radius 3 is 1.65 bits per heavy atom. The number of fused-ring (bicyclic) bond motifs is 6. The molecular formula is C60H40N2S. The van der Waals surface area contributed by atoms with E-state index in [9.17, 15) is 0 Å². The lowest BCUT2D eigenvalue weighted by molar-refractivity contribution is 0.714. The SMILES string of the molecule is CC1(c2ccccc2)c2ccccc2-c2ccc(-c3ccccc3-c3cc(-c4cc(-c5ccccc5)nc(-c5ccccc5)n4)cc(-c4cccc5c4sc4ccccc45)c3)cc21. The normalized spacial score (nSPS) is 14.2. The lowest BCUT2D eigenvalue weighted by atomic mass is 9.74. The second kappa shape index (κ2) is 15.0. The van der Waals surface area contributed by atoms with Crippen LogP contribution in [0.3, 0.4) is 0 Å². The standard InChI is InChI=1S/C60H40N2S/c1-60(45-22-9-4-10-23-45)53-30-15-13-26-49(53)50-33-32-41(37-54(50)60)46-24-11-12-25-47(46)42-34-43(48-28-17-29-52-51-27-14-16-31-57(51)63-58(48)52)36-44(35-42)56-38-55(39-18-5-2-6-19-39)61-59(62-56)40-20-7-3-8-21-40/h2-38H,1H3. The Labute approximate surface area is 371 Å². The highest BCUT2D eigenvalue weighted by Gasteiger charge is 2.40. The molecule has 0 N–H and O–H groups in total. The Kier molecular flexibility index (Phi) is 8.84. The minimum absolute atomic E-state index is 0.298. The summed E-state index contributed by atoms with van der Waals surface area (Å²) < 4.78 is 2.57. The van der Waals surface area contributed by atoms with Crippen LogP contribution in [0.5, 0.6) is 0 Å². The number of benzene rings is 9. The van der Waals surface area contributed by atoms with Crippen LogP contribution in [0.1, 0.15) is 23.6 Å². The molecule has 3 heteroatoms. The third kappa shape index (κ3) is 6.23. The maximum atomic E-state index is 5.34. The Hall–Kier alpha value is -7.72. The molecule has 1 unspecified atom stereocenters. The largest absolute Gasteiger partial charge is 0.228 e. The Morgan fingerprint density at radius 1 is 0.349 bits per heavy atom. The van der Waals surface area contributed by atoms with E-state index in [1.165, 1.54) is 70.2 Å². The fourth-order valence-corrected chi connectivity index (χ4v) is 11.1. The van der Waals surface area contributed by atoms with E-state index in [4.69, 9.17) is 9.97 Å². The van der Waals surface area contributed by atoms with Gasteiger partial charge >= 0.3 is 0 Å². The van der Waals surface area contributed by atoms with Crippen molar-refractivity contribution in [1.29, 1.82) is 0 Å². The molecule has 1 aliphatic rings. The molecule has 0 radical (unpaired) electrons. The molecule has 0 spiro atoms. The molecule has 1 atom stereocenters. The van der Waals surface area contributed by atoms with Gasteiger partial charge in [-0.25, -0.2) is 9.97 Å². The summed E-state index contributed by atoms with van der Waals surface area (Å²) in [5.74, 6) is 0.700. The molecule has 12 rings (SSSR count). The van der Waals surface area contributed by atoms with Crippen molar-refractivity contribution in [3.05, 3.63) is 241 Å². The van der Waals surface area contributed by atoms with Gasteiger partial charge in [0.2, 0.25) is 0 Å². The molecule has 0 amide bonds. The summed E-state index contributed by atoms with van der Waals surface area (Å²) in [5, 5.41) is 2.57. The van der Waals surface area contributed by atoms with E-state index in [1.807, 2.05) is 23.5 Å². The van der Waals surface area contributed by atoms with Gasteiger partial charge in [0.15, 0.2) is 5.82 Å². The van der Waals surface area contributed by atoms with E-state index in [-0.39, 0.29) is 5.41 Å². The topological polar surface area (TPSA) is 25.8 Å². The number of thiophene rings is 1. The van der Waals surface area contributed by atoms with Crippen molar-refractivity contribution >= 4 is 31.5 Å². The van der Waals surface area contributed by atoms with Crippen LogP contribution >= 0.6 is 11.3 Å². The van der Waals surface area contributed by atoms with Gasteiger partial charge in [-0.1, -0.05) is 188 Å². The van der Waals surface area contributed by atoms with E-state index in [1.54, 1.807) is 0 Å². The molecule has 63 heavy (non-hydrogen) atoms. The summed E-state index contributed by atoms with van der Waals surface area (Å²) in [4.78, 5) is 10.5. The van der Waals surface area contributed by atoms with Crippen molar-refractivity contribution in [2.75, 3.05) is 0 Å². The number of aromatic nitrogens is 2. The average Bonchev–Trinajstić information content (AvgIpc) is 3.87. The van der Waals surface area contributed by atoms with Crippen LogP contribution in [-0.4, -0.2) is 9.97 Å². The van der Waals surface area contributed by atoms with Crippen LogP contribution in [0.2, 0.25) is 0 Å². The molecule has 0 saturated carbocycles. The predicted molar refractivity (Wildman–Crippen MR) is 265 cm³/mol. The summed E-state index contributed by atoms with van der Waals surface area (Å²) in [6.07, 6.45) is 0. The molecule has 1 aliphatic carbocycles. The number of nitrogens with zero attached hydrogens (tertiary/aromatic N) is 2. The van der Waals surface area contributed by atoms with Crippen molar-refractivity contribution in [2.24, 2.45) is 0 Å². The highest BCUT2D eigenvalue weighted by molar-refractivity contribution is 7.26. The minimum atomic E-state index is -0.298. The highest BCUT2D eigenvalue weighted by Crippen LogP contribution is 2.53. The van der Waals surface area contributed by atoms with Crippen LogP contribution in [0.15, 0.2) is 224 Å². The van der Waals surface area contributed by atoms with Gasteiger partial charge in [0, 0.05) is 42.3 Å². The van der Waals surface area contributed by atoms with E-state index >= 15 is 0 Å². The maximum absolute atomic E-state index is 5.34. The van der Waals surface area contributed by atoms with Crippen LogP contribution < -0.4 is 0 Å². The minimum Gasteiger partial charge on any atom is -0.228 e. The molecule has 2 nitrogen and oxygen atoms in total. The highest BCUT2D eigenvalue weighted by atomic mass is 32.1. The molecule has 0 saturated heterocycles. The van der Waals surface area contributed by atoms with Gasteiger partial charge in [0.1, 0.15) is 0 Å². The van der Waals surface area contributed by atoms with Crippen molar-refractivity contribution in [1.82, 2.24) is 9.97 Å². The van der Waals surface area contributed by atoms with E-state index in [0.717, 1.165) is 39.2 Å². The molecule has 0 aliphatic heterocycles. The van der Waals surface area contributed by atoms with E-state index in [2.05, 4.69) is 219 Å². The monoisotopic (exact) mass is 820 g/mol. The molecule has 296 valence electrons. The molecular weight excluding hydrogens is 781 g/mol. The van der Waals surface area contributed by atoms with Crippen LogP contribution in [0.4, 0.5) is 0 Å². The van der Waals surface area contributed by atoms with Crippen molar-refractivity contribution in [3.8, 4) is 78.4 Å². The first kappa shape index (κ1) is 37.1. The second-order valence-electron chi connectivity index (χ2n) is 16.6. The maximum Gasteiger partial charge on any atom is 0.160 e. The van der Waals surface area contributed by atoms with Gasteiger partial charge in [-0.15, -0.1) is 11.3 Å². The Bertz CT molecular complexity index is 3460. The van der Waals surface area contributed by atoms with Crippen molar-refractivity contribution in [2.45, 2.75) is 12.3 Å². The lowest BCUT2D eigenvalue weighted by Crippen LogP contribution is -2.22. The number of hydrogen-bond acceptors (Lipinski definition) is 3. The second-order valence-corrected chi connectivity index (χ2v) is 17.7. The van der Waals surface area contributed by atoms with Crippen LogP contribution in [0.25, 0.3) is 98.6 Å². The smallest absolute Gasteiger partial charge is 0.160 e. The van der Waals surface area contributed by atoms with Gasteiger partial charge in [-0.05, 0) is 105 Å². The first-order valence-corrected chi connectivity index (χ1v) is 22.4. The molecule has 9 aromatic carbocycles. The van der Waals surface area contributed by atoms with Crippen LogP contribution in [-0.2, 0) is 5.41 Å². The molecule has 2 aromatic heterocycles. The van der Waals surface area contributed by atoms with Gasteiger partial charge in [0.05, 0.1) is 11.4 Å². The summed E-state index contributed by atoms with van der Waals surface area (Å²) in [7, 11) is 0. The first-order chi connectivity index (χ1) is 31.1. The van der Waals surface area contributed by atoms with Gasteiger partial charge < -0.3 is 0 Å². The van der Waals surface area contributed by atoms with Crippen LogP contribution in [0, 0.1) is 0 Å². The van der Waals surface area contributed by atoms with Crippen molar-refractivity contribution in [3.63, 3.8) is 0 Å². The van der Waals surface area contributed by atoms with E-state index < -0.39 is 0 Å². The molecule has 0 bridgehead atoms. The lowest BCUT2D eigenvalue weighted by Gasteiger charge is -2.28. The number of rotatable bonds is 7. The first-order valence-electron chi connectivity index (χ1n) is 21.6. The van der Waals surface area contributed by atoms with E-state index in [0.29, 0.717) is 5.82 Å². The van der Waals surface area contributed by atoms with Gasteiger partial charge in [0.25, 0.3) is 0 Å². The van der Waals surface area contributed by atoms with Gasteiger partial charge in [-0.2, -0.15) is 0 Å².